The number of nitrogens with one attached hydrogen (secondary N) is 1. The molecule has 2 aromatic carbocycles. The molecule has 1 atom stereocenters. The lowest BCUT2D eigenvalue weighted by atomic mass is 9.80. The van der Waals surface area contributed by atoms with Crippen molar-refractivity contribution in [2.75, 3.05) is 18.4 Å². The number of piperidine rings is 1. The lowest BCUT2D eigenvalue weighted by molar-refractivity contribution is -0.127. The third kappa shape index (κ3) is 4.31. The van der Waals surface area contributed by atoms with Crippen LogP contribution in [0.25, 0.3) is 0 Å². The van der Waals surface area contributed by atoms with Gasteiger partial charge in [-0.1, -0.05) is 24.3 Å². The van der Waals surface area contributed by atoms with Crippen LogP contribution in [0.1, 0.15) is 51.6 Å². The minimum atomic E-state index is -1.03. The van der Waals surface area contributed by atoms with Crippen LogP contribution in [-0.4, -0.2) is 40.9 Å². The summed E-state index contributed by atoms with van der Waals surface area (Å²) >= 11 is 0. The standard InChI is InChI=1S/C23H26N2O4/c1-15-12-16(2)19(13-18(15)21(27)28)24-22(29)23(3)10-7-11-25(14-23)20(26)17-8-5-4-6-9-17/h4-6,8-9,12-13H,7,10-11,14H2,1-3H3,(H,24,29)(H,27,28). The third-order valence-electron chi connectivity index (χ3n) is 5.60. The molecular formula is C23H26N2O4. The smallest absolute Gasteiger partial charge is 0.336 e. The van der Waals surface area contributed by atoms with E-state index in [1.54, 1.807) is 30.0 Å². The highest BCUT2D eigenvalue weighted by molar-refractivity contribution is 5.99. The van der Waals surface area contributed by atoms with E-state index in [1.807, 2.05) is 32.0 Å². The minimum Gasteiger partial charge on any atom is -0.478 e. The van der Waals surface area contributed by atoms with Crippen molar-refractivity contribution in [3.8, 4) is 0 Å². The van der Waals surface area contributed by atoms with Gasteiger partial charge in [0.05, 0.1) is 11.0 Å². The van der Waals surface area contributed by atoms with Gasteiger partial charge in [0.25, 0.3) is 5.91 Å². The minimum absolute atomic E-state index is 0.0796. The van der Waals surface area contributed by atoms with Crippen molar-refractivity contribution in [2.45, 2.75) is 33.6 Å². The predicted octanol–water partition coefficient (Wildman–Crippen LogP) is 3.88. The second-order valence-electron chi connectivity index (χ2n) is 8.00. The Labute approximate surface area is 170 Å². The fourth-order valence-corrected chi connectivity index (χ4v) is 3.85. The molecule has 0 saturated carbocycles. The summed E-state index contributed by atoms with van der Waals surface area (Å²) in [5.41, 5.74) is 1.97. The van der Waals surface area contributed by atoms with Crippen LogP contribution in [0.15, 0.2) is 42.5 Å². The summed E-state index contributed by atoms with van der Waals surface area (Å²) in [4.78, 5) is 39.1. The molecule has 29 heavy (non-hydrogen) atoms. The number of aromatic carboxylic acids is 1. The number of likely N-dealkylation sites (tertiary alicyclic amines) is 1. The Morgan fingerprint density at radius 2 is 1.76 bits per heavy atom. The van der Waals surface area contributed by atoms with E-state index in [0.717, 1.165) is 12.0 Å². The quantitative estimate of drug-likeness (QED) is 0.824. The molecule has 1 unspecified atom stereocenters. The zero-order valence-corrected chi connectivity index (χ0v) is 17.0. The van der Waals surface area contributed by atoms with Gasteiger partial charge >= 0.3 is 5.97 Å². The van der Waals surface area contributed by atoms with Crippen molar-refractivity contribution in [3.63, 3.8) is 0 Å². The first-order valence-electron chi connectivity index (χ1n) is 9.71. The number of aryl methyl sites for hydroxylation is 2. The maximum absolute atomic E-state index is 13.1. The number of amides is 2. The highest BCUT2D eigenvalue weighted by atomic mass is 16.4. The van der Waals surface area contributed by atoms with Crippen LogP contribution >= 0.6 is 0 Å². The van der Waals surface area contributed by atoms with Crippen molar-refractivity contribution in [3.05, 3.63) is 64.7 Å². The first-order chi connectivity index (χ1) is 13.7. The number of anilines is 1. The first kappa shape index (κ1) is 20.6. The van der Waals surface area contributed by atoms with Crippen molar-refractivity contribution in [2.24, 2.45) is 5.41 Å². The topological polar surface area (TPSA) is 86.7 Å². The number of benzene rings is 2. The van der Waals surface area contributed by atoms with Gasteiger partial charge in [0.1, 0.15) is 0 Å². The highest BCUT2D eigenvalue weighted by Crippen LogP contribution is 2.32. The van der Waals surface area contributed by atoms with Gasteiger partial charge in [0, 0.05) is 24.3 Å². The average molecular weight is 394 g/mol. The molecule has 0 aromatic heterocycles. The van der Waals surface area contributed by atoms with Gasteiger partial charge in [0.2, 0.25) is 5.91 Å². The molecule has 1 aliphatic heterocycles. The molecule has 0 aliphatic carbocycles. The van der Waals surface area contributed by atoms with Gasteiger partial charge in [-0.25, -0.2) is 4.79 Å². The summed E-state index contributed by atoms with van der Waals surface area (Å²) < 4.78 is 0. The van der Waals surface area contributed by atoms with E-state index in [9.17, 15) is 19.5 Å². The molecule has 1 aliphatic rings. The molecule has 152 valence electrons. The SMILES string of the molecule is Cc1cc(C)c(C(=O)O)cc1NC(=O)C1(C)CCCN(C(=O)c2ccccc2)C1. The average Bonchev–Trinajstić information content (AvgIpc) is 2.69. The maximum atomic E-state index is 13.1. The lowest BCUT2D eigenvalue weighted by Crippen LogP contribution is -2.50. The number of nitrogens with zero attached hydrogens (tertiary/aromatic N) is 1. The zero-order valence-electron chi connectivity index (χ0n) is 17.0. The molecule has 2 N–H and O–H groups in total. The Morgan fingerprint density at radius 1 is 1.07 bits per heavy atom. The molecule has 1 heterocycles. The second-order valence-corrected chi connectivity index (χ2v) is 8.00. The predicted molar refractivity (Wildman–Crippen MR) is 111 cm³/mol. The number of carboxylic acids is 1. The van der Waals surface area contributed by atoms with Crippen LogP contribution < -0.4 is 5.32 Å². The number of hydrogen-bond acceptors (Lipinski definition) is 3. The van der Waals surface area contributed by atoms with Crippen LogP contribution in [0.3, 0.4) is 0 Å². The highest BCUT2D eigenvalue weighted by Gasteiger charge is 2.39. The first-order valence-corrected chi connectivity index (χ1v) is 9.71. The van der Waals surface area contributed by atoms with Gasteiger partial charge in [-0.05, 0) is 62.9 Å². The van der Waals surface area contributed by atoms with Crippen LogP contribution in [0.2, 0.25) is 0 Å². The Morgan fingerprint density at radius 3 is 2.41 bits per heavy atom. The number of carbonyl (C=O) groups is 3. The van der Waals surface area contributed by atoms with Crippen molar-refractivity contribution < 1.29 is 19.5 Å². The maximum Gasteiger partial charge on any atom is 0.336 e. The van der Waals surface area contributed by atoms with Gasteiger partial charge in [-0.3, -0.25) is 9.59 Å². The van der Waals surface area contributed by atoms with E-state index in [-0.39, 0.29) is 17.4 Å². The molecule has 0 bridgehead atoms. The van der Waals surface area contributed by atoms with Gasteiger partial charge in [-0.2, -0.15) is 0 Å². The Kier molecular flexibility index (Phi) is 5.73. The van der Waals surface area contributed by atoms with E-state index in [4.69, 9.17) is 0 Å². The van der Waals surface area contributed by atoms with Crippen LogP contribution in [0.5, 0.6) is 0 Å². The second kappa shape index (κ2) is 8.07. The molecule has 6 nitrogen and oxygen atoms in total. The number of hydrogen-bond donors (Lipinski definition) is 2. The molecule has 6 heteroatoms. The van der Waals surface area contributed by atoms with E-state index >= 15 is 0 Å². The third-order valence-corrected chi connectivity index (χ3v) is 5.60. The summed E-state index contributed by atoms with van der Waals surface area (Å²) in [6.45, 7) is 6.36. The normalized spacial score (nSPS) is 18.9. The number of carboxylic acid groups (broad SMARTS) is 1. The van der Waals surface area contributed by atoms with Crippen LogP contribution in [0.4, 0.5) is 5.69 Å². The van der Waals surface area contributed by atoms with E-state index in [2.05, 4.69) is 5.32 Å². The van der Waals surface area contributed by atoms with Gasteiger partial charge in [-0.15, -0.1) is 0 Å². The summed E-state index contributed by atoms with van der Waals surface area (Å²) in [5.74, 6) is -1.31. The van der Waals surface area contributed by atoms with Crippen molar-refractivity contribution in [1.82, 2.24) is 4.90 Å². The Balaban J connectivity index is 1.79. The number of carbonyl (C=O) groups excluding carboxylic acids is 2. The number of rotatable bonds is 4. The molecule has 0 spiro atoms. The van der Waals surface area contributed by atoms with Gasteiger partial charge in [0.15, 0.2) is 0 Å². The van der Waals surface area contributed by atoms with Crippen LogP contribution in [-0.2, 0) is 4.79 Å². The molecule has 2 amide bonds. The molecular weight excluding hydrogens is 368 g/mol. The summed E-state index contributed by atoms with van der Waals surface area (Å²) in [6, 6.07) is 12.3. The Hall–Kier alpha value is -3.15. The summed E-state index contributed by atoms with van der Waals surface area (Å²) in [7, 11) is 0. The van der Waals surface area contributed by atoms with E-state index in [1.165, 1.54) is 6.07 Å². The van der Waals surface area contributed by atoms with E-state index < -0.39 is 11.4 Å². The molecule has 3 rings (SSSR count). The van der Waals surface area contributed by atoms with Gasteiger partial charge < -0.3 is 15.3 Å². The van der Waals surface area contributed by atoms with Crippen molar-refractivity contribution in [1.29, 1.82) is 0 Å². The monoisotopic (exact) mass is 394 g/mol. The fraction of sp³-hybridized carbons (Fsp3) is 0.348. The summed E-state index contributed by atoms with van der Waals surface area (Å²) in [5, 5.41) is 12.3. The summed E-state index contributed by atoms with van der Waals surface area (Å²) in [6.07, 6.45) is 1.39. The van der Waals surface area contributed by atoms with E-state index in [0.29, 0.717) is 36.3 Å². The lowest BCUT2D eigenvalue weighted by Gasteiger charge is -2.39. The Bertz CT molecular complexity index is 955. The largest absolute Gasteiger partial charge is 0.478 e. The molecule has 1 fully saturated rings. The molecule has 2 aromatic rings. The fourth-order valence-electron chi connectivity index (χ4n) is 3.85. The van der Waals surface area contributed by atoms with Crippen molar-refractivity contribution >= 4 is 23.5 Å². The molecule has 1 saturated heterocycles. The molecule has 0 radical (unpaired) electrons. The van der Waals surface area contributed by atoms with Crippen LogP contribution in [0, 0.1) is 19.3 Å². The zero-order chi connectivity index (χ0) is 21.2.